The van der Waals surface area contributed by atoms with Gasteiger partial charge in [-0.05, 0) is 56.1 Å². The van der Waals surface area contributed by atoms with Crippen molar-refractivity contribution in [3.8, 4) is 0 Å². The molecular formula is C15H20F4N2. The lowest BCUT2D eigenvalue weighted by atomic mass is 9.84. The Morgan fingerprint density at radius 2 is 2.05 bits per heavy atom. The number of nitrogens with zero attached hydrogens (tertiary/aromatic N) is 1. The molecule has 0 radical (unpaired) electrons. The van der Waals surface area contributed by atoms with Crippen LogP contribution in [0.5, 0.6) is 0 Å². The lowest BCUT2D eigenvalue weighted by Gasteiger charge is -2.41. The molecular weight excluding hydrogens is 284 g/mol. The van der Waals surface area contributed by atoms with Crippen LogP contribution in [0, 0.1) is 11.7 Å². The van der Waals surface area contributed by atoms with E-state index < -0.39 is 17.6 Å². The van der Waals surface area contributed by atoms with Gasteiger partial charge in [0.25, 0.3) is 0 Å². The van der Waals surface area contributed by atoms with Crippen molar-refractivity contribution in [2.45, 2.75) is 32.0 Å². The van der Waals surface area contributed by atoms with E-state index in [0.29, 0.717) is 12.1 Å². The summed E-state index contributed by atoms with van der Waals surface area (Å²) in [5, 5.41) is 0. The van der Waals surface area contributed by atoms with Crippen molar-refractivity contribution in [2.24, 2.45) is 11.7 Å². The van der Waals surface area contributed by atoms with Gasteiger partial charge in [-0.2, -0.15) is 13.2 Å². The van der Waals surface area contributed by atoms with Crippen LogP contribution in [0.4, 0.5) is 17.6 Å². The average molecular weight is 304 g/mol. The molecule has 1 heterocycles. The molecule has 0 amide bonds. The Bertz CT molecular complexity index is 475. The summed E-state index contributed by atoms with van der Waals surface area (Å²) >= 11 is 0. The van der Waals surface area contributed by atoms with Gasteiger partial charge in [0.2, 0.25) is 0 Å². The van der Waals surface area contributed by atoms with Crippen LogP contribution in [0.3, 0.4) is 0 Å². The van der Waals surface area contributed by atoms with Crippen molar-refractivity contribution in [2.75, 3.05) is 19.6 Å². The fourth-order valence-corrected chi connectivity index (χ4v) is 3.18. The molecule has 1 aliphatic rings. The van der Waals surface area contributed by atoms with E-state index in [1.807, 2.05) is 6.92 Å². The predicted octanol–water partition coefficient (Wildman–Crippen LogP) is 3.58. The predicted molar refractivity (Wildman–Crippen MR) is 73.2 cm³/mol. The lowest BCUT2D eigenvalue weighted by Crippen LogP contribution is -2.41. The Balaban J connectivity index is 2.42. The number of rotatable bonds is 3. The van der Waals surface area contributed by atoms with E-state index in [0.717, 1.165) is 38.1 Å². The molecule has 1 aromatic carbocycles. The van der Waals surface area contributed by atoms with E-state index in [9.17, 15) is 17.6 Å². The normalized spacial score (nSPS) is 24.3. The van der Waals surface area contributed by atoms with Crippen LogP contribution in [0.2, 0.25) is 0 Å². The van der Waals surface area contributed by atoms with Crippen LogP contribution in [0.25, 0.3) is 0 Å². The van der Waals surface area contributed by atoms with Crippen molar-refractivity contribution in [3.05, 3.63) is 35.1 Å². The van der Waals surface area contributed by atoms with Crippen LogP contribution in [-0.2, 0) is 6.18 Å². The Morgan fingerprint density at radius 3 is 2.62 bits per heavy atom. The maximum absolute atomic E-state index is 13.4. The highest BCUT2D eigenvalue weighted by Gasteiger charge is 2.37. The molecule has 2 atom stereocenters. The number of piperidine rings is 1. The van der Waals surface area contributed by atoms with Crippen LogP contribution < -0.4 is 5.73 Å². The third-order valence-corrected chi connectivity index (χ3v) is 4.21. The number of hydrogen-bond donors (Lipinski definition) is 1. The number of halogens is 4. The minimum Gasteiger partial charge on any atom is -0.330 e. The second-order valence-electron chi connectivity index (χ2n) is 5.45. The van der Waals surface area contributed by atoms with E-state index >= 15 is 0 Å². The van der Waals surface area contributed by atoms with Crippen LogP contribution in [0.1, 0.15) is 36.9 Å². The first-order chi connectivity index (χ1) is 9.88. The van der Waals surface area contributed by atoms with Gasteiger partial charge in [0.15, 0.2) is 0 Å². The Labute approximate surface area is 121 Å². The van der Waals surface area contributed by atoms with Gasteiger partial charge in [-0.15, -0.1) is 0 Å². The first-order valence-corrected chi connectivity index (χ1v) is 7.19. The van der Waals surface area contributed by atoms with E-state index in [2.05, 4.69) is 4.90 Å². The molecule has 1 saturated heterocycles. The van der Waals surface area contributed by atoms with Gasteiger partial charge >= 0.3 is 6.18 Å². The van der Waals surface area contributed by atoms with Crippen molar-refractivity contribution in [1.82, 2.24) is 4.90 Å². The van der Waals surface area contributed by atoms with Gasteiger partial charge < -0.3 is 5.73 Å². The zero-order chi connectivity index (χ0) is 15.6. The molecule has 2 N–H and O–H groups in total. The molecule has 0 bridgehead atoms. The van der Waals surface area contributed by atoms with Gasteiger partial charge in [-0.25, -0.2) is 4.39 Å². The first-order valence-electron chi connectivity index (χ1n) is 7.19. The maximum atomic E-state index is 13.4. The van der Waals surface area contributed by atoms with Crippen LogP contribution in [-0.4, -0.2) is 24.5 Å². The minimum absolute atomic E-state index is 0.102. The standard InChI is InChI=1S/C15H20F4N2/c1-2-21-7-3-4-11(9-20)14(21)10-5-6-13(16)12(8-10)15(17,18)19/h5-6,8,11,14H,2-4,7,9,20H2,1H3. The van der Waals surface area contributed by atoms with Gasteiger partial charge in [-0.3, -0.25) is 4.90 Å². The molecule has 1 aromatic rings. The Kier molecular flexibility index (Phi) is 4.88. The SMILES string of the molecule is CCN1CCCC(CN)C1c1ccc(F)c(C(F)(F)F)c1. The highest BCUT2D eigenvalue weighted by atomic mass is 19.4. The quantitative estimate of drug-likeness (QED) is 0.865. The number of likely N-dealkylation sites (tertiary alicyclic amines) is 1. The molecule has 2 nitrogen and oxygen atoms in total. The molecule has 0 saturated carbocycles. The summed E-state index contributed by atoms with van der Waals surface area (Å²) in [5.74, 6) is -1.13. The molecule has 2 unspecified atom stereocenters. The van der Waals surface area contributed by atoms with Crippen LogP contribution in [0.15, 0.2) is 18.2 Å². The molecule has 0 aromatic heterocycles. The first kappa shape index (κ1) is 16.2. The highest BCUT2D eigenvalue weighted by Crippen LogP contribution is 2.38. The lowest BCUT2D eigenvalue weighted by molar-refractivity contribution is -0.140. The third-order valence-electron chi connectivity index (χ3n) is 4.21. The van der Waals surface area contributed by atoms with Crippen molar-refractivity contribution < 1.29 is 17.6 Å². The Hall–Kier alpha value is -1.14. The average Bonchev–Trinajstić information content (AvgIpc) is 2.45. The highest BCUT2D eigenvalue weighted by molar-refractivity contribution is 5.30. The summed E-state index contributed by atoms with van der Waals surface area (Å²) in [6.07, 6.45) is -2.81. The minimum atomic E-state index is -4.68. The van der Waals surface area contributed by atoms with Gasteiger partial charge in [0, 0.05) is 6.04 Å². The number of hydrogen-bond acceptors (Lipinski definition) is 2. The molecule has 21 heavy (non-hydrogen) atoms. The molecule has 2 rings (SSSR count). The van der Waals surface area contributed by atoms with Gasteiger partial charge in [0.05, 0.1) is 5.56 Å². The van der Waals surface area contributed by atoms with Crippen molar-refractivity contribution in [1.29, 1.82) is 0 Å². The van der Waals surface area contributed by atoms with Crippen molar-refractivity contribution in [3.63, 3.8) is 0 Å². The number of benzene rings is 1. The molecule has 0 spiro atoms. The summed E-state index contributed by atoms with van der Waals surface area (Å²) in [4.78, 5) is 2.12. The monoisotopic (exact) mass is 304 g/mol. The molecule has 1 fully saturated rings. The molecule has 118 valence electrons. The number of alkyl halides is 3. The van der Waals surface area contributed by atoms with Crippen molar-refractivity contribution >= 4 is 0 Å². The van der Waals surface area contributed by atoms with E-state index in [1.54, 1.807) is 0 Å². The molecule has 6 heteroatoms. The van der Waals surface area contributed by atoms with E-state index in [-0.39, 0.29) is 12.0 Å². The second kappa shape index (κ2) is 6.32. The molecule has 0 aliphatic carbocycles. The summed E-state index contributed by atoms with van der Waals surface area (Å²) < 4.78 is 52.1. The number of nitrogens with two attached hydrogens (primary N) is 1. The fourth-order valence-electron chi connectivity index (χ4n) is 3.18. The largest absolute Gasteiger partial charge is 0.419 e. The molecule has 1 aliphatic heterocycles. The summed E-state index contributed by atoms with van der Waals surface area (Å²) in [5.41, 5.74) is 5.08. The fraction of sp³-hybridized carbons (Fsp3) is 0.600. The Morgan fingerprint density at radius 1 is 1.33 bits per heavy atom. The summed E-state index contributed by atoms with van der Waals surface area (Å²) in [6.45, 7) is 3.95. The van der Waals surface area contributed by atoms with Crippen LogP contribution >= 0.6 is 0 Å². The topological polar surface area (TPSA) is 29.3 Å². The maximum Gasteiger partial charge on any atom is 0.419 e. The summed E-state index contributed by atoms with van der Waals surface area (Å²) in [7, 11) is 0. The summed E-state index contributed by atoms with van der Waals surface area (Å²) in [6, 6.07) is 3.13. The van der Waals surface area contributed by atoms with E-state index in [1.165, 1.54) is 6.07 Å². The third kappa shape index (κ3) is 3.37. The zero-order valence-corrected chi connectivity index (χ0v) is 12.0. The second-order valence-corrected chi connectivity index (χ2v) is 5.45. The van der Waals surface area contributed by atoms with Gasteiger partial charge in [0.1, 0.15) is 5.82 Å². The smallest absolute Gasteiger partial charge is 0.330 e. The van der Waals surface area contributed by atoms with Gasteiger partial charge in [-0.1, -0.05) is 13.0 Å². The van der Waals surface area contributed by atoms with E-state index in [4.69, 9.17) is 5.73 Å². The zero-order valence-electron chi connectivity index (χ0n) is 12.0.